The molecule has 1 saturated heterocycles. The molecule has 2 atom stereocenters. The summed E-state index contributed by atoms with van der Waals surface area (Å²) in [5.41, 5.74) is 2.55. The first-order valence-corrected chi connectivity index (χ1v) is 9.84. The number of halogens is 1. The van der Waals surface area contributed by atoms with Crippen molar-refractivity contribution in [2.75, 3.05) is 20.1 Å². The van der Waals surface area contributed by atoms with E-state index in [-0.39, 0.29) is 22.4 Å². The third-order valence-electron chi connectivity index (χ3n) is 4.67. The highest BCUT2D eigenvalue weighted by atomic mass is 32.2. The minimum atomic E-state index is -0.436. The molecule has 2 aromatic rings. The van der Waals surface area contributed by atoms with Gasteiger partial charge in [-0.25, -0.2) is 4.39 Å². The Balaban J connectivity index is 1.70. The Labute approximate surface area is 163 Å². The van der Waals surface area contributed by atoms with Crippen molar-refractivity contribution in [2.45, 2.75) is 24.5 Å². The predicted octanol–water partition coefficient (Wildman–Crippen LogP) is 3.87. The van der Waals surface area contributed by atoms with Crippen molar-refractivity contribution in [1.29, 1.82) is 0 Å². The molecule has 27 heavy (non-hydrogen) atoms. The molecule has 2 aromatic carbocycles. The Bertz CT molecular complexity index is 858. The van der Waals surface area contributed by atoms with Gasteiger partial charge in [0.15, 0.2) is 0 Å². The minimum absolute atomic E-state index is 0.0509. The first kappa shape index (κ1) is 19.4. The first-order chi connectivity index (χ1) is 12.9. The van der Waals surface area contributed by atoms with E-state index in [9.17, 15) is 14.0 Å². The van der Waals surface area contributed by atoms with Gasteiger partial charge in [0.2, 0.25) is 5.91 Å². The number of hydrogen-bond acceptors (Lipinski definition) is 3. The third-order valence-corrected chi connectivity index (χ3v) is 6.06. The molecule has 0 unspecified atom stereocenters. The van der Waals surface area contributed by atoms with Crippen LogP contribution in [0.4, 0.5) is 4.39 Å². The summed E-state index contributed by atoms with van der Waals surface area (Å²) in [6, 6.07) is 13.8. The van der Waals surface area contributed by atoms with E-state index in [1.54, 1.807) is 24.9 Å². The van der Waals surface area contributed by atoms with Crippen LogP contribution in [0.5, 0.6) is 0 Å². The molecule has 2 amide bonds. The lowest BCUT2D eigenvalue weighted by molar-refractivity contribution is -0.129. The number of rotatable bonds is 5. The average molecular weight is 386 g/mol. The lowest BCUT2D eigenvalue weighted by Crippen LogP contribution is -2.39. The van der Waals surface area contributed by atoms with Gasteiger partial charge in [-0.1, -0.05) is 35.9 Å². The molecule has 142 valence electrons. The van der Waals surface area contributed by atoms with Crippen LogP contribution in [0.25, 0.3) is 0 Å². The molecular weight excluding hydrogens is 363 g/mol. The maximum absolute atomic E-state index is 13.4. The normalized spacial score (nSPS) is 19.4. The summed E-state index contributed by atoms with van der Waals surface area (Å²) in [6.07, 6.45) is 0. The largest absolute Gasteiger partial charge is 0.340 e. The van der Waals surface area contributed by atoms with Crippen molar-refractivity contribution in [1.82, 2.24) is 9.80 Å². The quantitative estimate of drug-likeness (QED) is 0.783. The van der Waals surface area contributed by atoms with Crippen LogP contribution in [0.3, 0.4) is 0 Å². The minimum Gasteiger partial charge on any atom is -0.340 e. The van der Waals surface area contributed by atoms with Gasteiger partial charge >= 0.3 is 0 Å². The number of carbonyl (C=O) groups excluding carboxylic acids is 2. The molecule has 0 aromatic heterocycles. The van der Waals surface area contributed by atoms with Crippen molar-refractivity contribution in [2.24, 2.45) is 0 Å². The van der Waals surface area contributed by atoms with E-state index < -0.39 is 5.82 Å². The number of likely N-dealkylation sites (N-methyl/N-ethyl adjacent to an activating group) is 1. The summed E-state index contributed by atoms with van der Waals surface area (Å²) < 4.78 is 13.4. The summed E-state index contributed by atoms with van der Waals surface area (Å²) in [5.74, 6) is -0.610. The second kappa shape index (κ2) is 8.13. The second-order valence-corrected chi connectivity index (χ2v) is 8.24. The molecule has 0 N–H and O–H groups in total. The number of carbonyl (C=O) groups is 2. The Hall–Kier alpha value is -2.34. The zero-order valence-corrected chi connectivity index (χ0v) is 16.5. The zero-order chi connectivity index (χ0) is 19.6. The summed E-state index contributed by atoms with van der Waals surface area (Å²) in [6.45, 7) is 4.77. The standard InChI is InChI=1S/C21H23FN2O2S/c1-14-6-4-8-17(12-14)21-24(19(25)15(2)27-21)11-10-23(3)20(26)16-7-5-9-18(22)13-16/h4-9,12-13,15,21H,10-11H2,1-3H3/t15-,21-/m0/s1. The molecule has 0 radical (unpaired) electrons. The van der Waals surface area contributed by atoms with Crippen LogP contribution < -0.4 is 0 Å². The smallest absolute Gasteiger partial charge is 0.253 e. The fourth-order valence-electron chi connectivity index (χ4n) is 3.18. The van der Waals surface area contributed by atoms with Crippen molar-refractivity contribution in [3.05, 3.63) is 71.0 Å². The van der Waals surface area contributed by atoms with Gasteiger partial charge < -0.3 is 9.80 Å². The van der Waals surface area contributed by atoms with Crippen LogP contribution in [-0.4, -0.2) is 47.0 Å². The van der Waals surface area contributed by atoms with Gasteiger partial charge in [-0.3, -0.25) is 9.59 Å². The van der Waals surface area contributed by atoms with Crippen molar-refractivity contribution < 1.29 is 14.0 Å². The van der Waals surface area contributed by atoms with E-state index >= 15 is 0 Å². The van der Waals surface area contributed by atoms with E-state index in [1.807, 2.05) is 36.9 Å². The zero-order valence-electron chi connectivity index (χ0n) is 15.7. The van der Waals surface area contributed by atoms with Crippen LogP contribution in [0, 0.1) is 12.7 Å². The monoisotopic (exact) mass is 386 g/mol. The van der Waals surface area contributed by atoms with Gasteiger partial charge in [0.1, 0.15) is 11.2 Å². The van der Waals surface area contributed by atoms with Crippen LogP contribution in [0.2, 0.25) is 0 Å². The van der Waals surface area contributed by atoms with Gasteiger partial charge in [-0.05, 0) is 37.6 Å². The van der Waals surface area contributed by atoms with E-state index in [0.717, 1.165) is 11.1 Å². The predicted molar refractivity (Wildman–Crippen MR) is 106 cm³/mol. The first-order valence-electron chi connectivity index (χ1n) is 8.90. The molecule has 1 aliphatic rings. The molecule has 1 aliphatic heterocycles. The van der Waals surface area contributed by atoms with Gasteiger partial charge in [0.05, 0.1) is 5.25 Å². The van der Waals surface area contributed by atoms with Gasteiger partial charge in [-0.15, -0.1) is 11.8 Å². The van der Waals surface area contributed by atoms with Crippen molar-refractivity contribution in [3.8, 4) is 0 Å². The molecule has 0 spiro atoms. The molecule has 3 rings (SSSR count). The summed E-state index contributed by atoms with van der Waals surface area (Å²) in [4.78, 5) is 28.5. The fraction of sp³-hybridized carbons (Fsp3) is 0.333. The third kappa shape index (κ3) is 4.33. The topological polar surface area (TPSA) is 40.6 Å². The fourth-order valence-corrected chi connectivity index (χ4v) is 4.48. The highest BCUT2D eigenvalue weighted by Crippen LogP contribution is 2.42. The van der Waals surface area contributed by atoms with Gasteiger partial charge in [-0.2, -0.15) is 0 Å². The van der Waals surface area contributed by atoms with E-state index in [4.69, 9.17) is 0 Å². The lowest BCUT2D eigenvalue weighted by Gasteiger charge is -2.27. The number of aryl methyl sites for hydroxylation is 1. The van der Waals surface area contributed by atoms with Crippen LogP contribution in [-0.2, 0) is 4.79 Å². The molecule has 0 aliphatic carbocycles. The number of thioether (sulfide) groups is 1. The molecule has 6 heteroatoms. The van der Waals surface area contributed by atoms with E-state index in [0.29, 0.717) is 18.7 Å². The lowest BCUT2D eigenvalue weighted by atomic mass is 10.1. The second-order valence-electron chi connectivity index (χ2n) is 6.81. The SMILES string of the molecule is Cc1cccc([C@@H]2S[C@@H](C)C(=O)N2CCN(C)C(=O)c2cccc(F)c2)c1. The number of nitrogens with zero attached hydrogens (tertiary/aromatic N) is 2. The number of amides is 2. The Morgan fingerprint density at radius 2 is 1.96 bits per heavy atom. The van der Waals surface area contributed by atoms with Crippen LogP contribution in [0.15, 0.2) is 48.5 Å². The van der Waals surface area contributed by atoms with Crippen molar-refractivity contribution >= 4 is 23.6 Å². The summed E-state index contributed by atoms with van der Waals surface area (Å²) in [5, 5.41) is -0.162. The van der Waals surface area contributed by atoms with Crippen LogP contribution >= 0.6 is 11.8 Å². The molecule has 4 nitrogen and oxygen atoms in total. The van der Waals surface area contributed by atoms with E-state index in [2.05, 4.69) is 6.07 Å². The molecule has 0 saturated carbocycles. The van der Waals surface area contributed by atoms with Gasteiger partial charge in [0, 0.05) is 25.7 Å². The average Bonchev–Trinajstić information content (AvgIpc) is 2.93. The highest BCUT2D eigenvalue weighted by Gasteiger charge is 2.38. The molecule has 1 heterocycles. The Morgan fingerprint density at radius 3 is 2.67 bits per heavy atom. The highest BCUT2D eigenvalue weighted by molar-refractivity contribution is 8.01. The maximum Gasteiger partial charge on any atom is 0.253 e. The van der Waals surface area contributed by atoms with Crippen molar-refractivity contribution in [3.63, 3.8) is 0 Å². The van der Waals surface area contributed by atoms with E-state index in [1.165, 1.54) is 23.1 Å². The van der Waals surface area contributed by atoms with Crippen LogP contribution in [0.1, 0.15) is 33.8 Å². The summed E-state index contributed by atoms with van der Waals surface area (Å²) >= 11 is 1.63. The maximum atomic E-state index is 13.4. The molecular formula is C21H23FN2O2S. The Kier molecular flexibility index (Phi) is 5.85. The molecule has 1 fully saturated rings. The molecule has 0 bridgehead atoms. The number of hydrogen-bond donors (Lipinski definition) is 0. The van der Waals surface area contributed by atoms with Gasteiger partial charge in [0.25, 0.3) is 5.91 Å². The number of benzene rings is 2. The Morgan fingerprint density at radius 1 is 1.22 bits per heavy atom. The summed E-state index contributed by atoms with van der Waals surface area (Å²) in [7, 11) is 1.67.